The second-order valence-corrected chi connectivity index (χ2v) is 8.43. The molecule has 0 aliphatic carbocycles. The van der Waals surface area contributed by atoms with Gasteiger partial charge < -0.3 is 9.47 Å². The first-order valence-electron chi connectivity index (χ1n) is 11.0. The van der Waals surface area contributed by atoms with Crippen LogP contribution in [0.15, 0.2) is 47.8 Å². The lowest BCUT2D eigenvalue weighted by Gasteiger charge is -2.14. The second-order valence-electron chi connectivity index (χ2n) is 7.59. The predicted octanol–water partition coefficient (Wildman–Crippen LogP) is 4.07. The van der Waals surface area contributed by atoms with Crippen molar-refractivity contribution in [3.8, 4) is 5.75 Å². The average Bonchev–Trinajstić information content (AvgIpc) is 3.41. The lowest BCUT2D eigenvalue weighted by atomic mass is 10.1. The third-order valence-electron chi connectivity index (χ3n) is 5.35. The van der Waals surface area contributed by atoms with E-state index >= 15 is 0 Å². The molecule has 0 saturated carbocycles. The number of carbonyl (C=O) groups excluding carboxylic acids is 4. The zero-order chi connectivity index (χ0) is 25.1. The summed E-state index contributed by atoms with van der Waals surface area (Å²) in [5.41, 5.74) is 1.41. The highest BCUT2D eigenvalue weighted by atomic mass is 32.1. The molecule has 10 heteroatoms. The van der Waals surface area contributed by atoms with Crippen LogP contribution in [-0.4, -0.2) is 41.8 Å². The summed E-state index contributed by atoms with van der Waals surface area (Å²) in [5, 5.41) is 2.25. The number of rotatable bonds is 8. The summed E-state index contributed by atoms with van der Waals surface area (Å²) >= 11 is 1.28. The van der Waals surface area contributed by atoms with Gasteiger partial charge in [0.1, 0.15) is 12.4 Å². The minimum Gasteiger partial charge on any atom is -0.494 e. The summed E-state index contributed by atoms with van der Waals surface area (Å²) < 4.78 is 10.8. The predicted molar refractivity (Wildman–Crippen MR) is 130 cm³/mol. The smallest absolute Gasteiger partial charge is 0.338 e. The van der Waals surface area contributed by atoms with E-state index in [0.29, 0.717) is 35.4 Å². The third kappa shape index (κ3) is 4.78. The number of hydrogen-bond donors (Lipinski definition) is 0. The van der Waals surface area contributed by atoms with Gasteiger partial charge in [-0.3, -0.25) is 19.3 Å². The van der Waals surface area contributed by atoms with Crippen molar-refractivity contribution in [2.45, 2.75) is 27.4 Å². The average molecular weight is 494 g/mol. The highest BCUT2D eigenvalue weighted by molar-refractivity contribution is 7.14. The van der Waals surface area contributed by atoms with E-state index in [2.05, 4.69) is 4.98 Å². The highest BCUT2D eigenvalue weighted by Crippen LogP contribution is 2.30. The Bertz CT molecular complexity index is 1300. The van der Waals surface area contributed by atoms with E-state index in [0.717, 1.165) is 4.90 Å². The Kier molecular flexibility index (Phi) is 6.92. The van der Waals surface area contributed by atoms with Gasteiger partial charge in [0.05, 0.1) is 34.7 Å². The van der Waals surface area contributed by atoms with Gasteiger partial charge >= 0.3 is 5.97 Å². The normalized spacial score (nSPS) is 12.5. The molecule has 0 fully saturated rings. The fraction of sp³-hybridized carbons (Fsp3) is 0.240. The number of thiazole rings is 1. The van der Waals surface area contributed by atoms with Crippen molar-refractivity contribution >= 4 is 45.8 Å². The van der Waals surface area contributed by atoms with E-state index in [-0.39, 0.29) is 29.2 Å². The van der Waals surface area contributed by atoms with Crippen molar-refractivity contribution < 1.29 is 28.7 Å². The quantitative estimate of drug-likeness (QED) is 0.344. The van der Waals surface area contributed by atoms with Crippen molar-refractivity contribution in [3.63, 3.8) is 0 Å². The van der Waals surface area contributed by atoms with Gasteiger partial charge in [0.15, 0.2) is 5.13 Å². The molecule has 1 aromatic heterocycles. The number of ether oxygens (including phenoxy) is 2. The van der Waals surface area contributed by atoms with Gasteiger partial charge in [0.25, 0.3) is 11.8 Å². The van der Waals surface area contributed by atoms with Crippen molar-refractivity contribution in [1.82, 2.24) is 4.98 Å². The molecule has 0 spiro atoms. The minimum atomic E-state index is -0.652. The number of carbonyl (C=O) groups is 4. The Hall–Kier alpha value is -4.05. The molecule has 1 aliphatic rings. The van der Waals surface area contributed by atoms with Crippen molar-refractivity contribution in [1.29, 1.82) is 0 Å². The van der Waals surface area contributed by atoms with Crippen molar-refractivity contribution in [2.24, 2.45) is 0 Å². The number of benzene rings is 2. The van der Waals surface area contributed by atoms with Crippen LogP contribution in [0.1, 0.15) is 57.5 Å². The molecule has 3 aromatic rings. The first-order chi connectivity index (χ1) is 16.8. The Morgan fingerprint density at radius 3 is 2.40 bits per heavy atom. The Balaban J connectivity index is 1.46. The summed E-state index contributed by atoms with van der Waals surface area (Å²) in [7, 11) is 0. The van der Waals surface area contributed by atoms with Crippen LogP contribution >= 0.6 is 11.3 Å². The molecule has 0 unspecified atom stereocenters. The zero-order valence-electron chi connectivity index (χ0n) is 19.4. The van der Waals surface area contributed by atoms with Gasteiger partial charge in [-0.05, 0) is 56.3 Å². The monoisotopic (exact) mass is 493 g/mol. The first kappa shape index (κ1) is 24.1. The number of imide groups is 1. The van der Waals surface area contributed by atoms with E-state index in [9.17, 15) is 19.2 Å². The Morgan fingerprint density at radius 1 is 1.03 bits per heavy atom. The molecule has 0 bridgehead atoms. The summed E-state index contributed by atoms with van der Waals surface area (Å²) in [6, 6.07) is 10.9. The standard InChI is InChI=1S/C25H23N3O6S/c1-4-27(15(3)29)25-26-17(14-35-25)13-34-24(32)16-6-11-20-21(12-16)23(31)28(22(20)30)18-7-9-19(10-8-18)33-5-2/h6-12,14H,4-5,13H2,1-3H3. The van der Waals surface area contributed by atoms with Crippen LogP contribution in [0.4, 0.5) is 10.8 Å². The molecule has 2 heterocycles. The van der Waals surface area contributed by atoms with Gasteiger partial charge in [-0.2, -0.15) is 0 Å². The summed E-state index contributed by atoms with van der Waals surface area (Å²) in [6.45, 7) is 6.07. The molecule has 2 aromatic carbocycles. The van der Waals surface area contributed by atoms with Crippen molar-refractivity contribution in [2.75, 3.05) is 23.0 Å². The first-order valence-corrected chi connectivity index (χ1v) is 11.9. The molecule has 0 radical (unpaired) electrons. The minimum absolute atomic E-state index is 0.0902. The van der Waals surface area contributed by atoms with Gasteiger partial charge in [-0.25, -0.2) is 14.7 Å². The van der Waals surface area contributed by atoms with Crippen LogP contribution in [0, 0.1) is 0 Å². The van der Waals surface area contributed by atoms with E-state index in [1.807, 2.05) is 13.8 Å². The number of fused-ring (bicyclic) bond motifs is 1. The molecule has 35 heavy (non-hydrogen) atoms. The van der Waals surface area contributed by atoms with Gasteiger partial charge in [-0.15, -0.1) is 11.3 Å². The maximum absolute atomic E-state index is 13.0. The summed E-state index contributed by atoms with van der Waals surface area (Å²) in [5.74, 6) is -1.12. The Morgan fingerprint density at radius 2 is 1.74 bits per heavy atom. The molecular weight excluding hydrogens is 470 g/mol. The maximum Gasteiger partial charge on any atom is 0.338 e. The molecule has 4 rings (SSSR count). The number of nitrogens with zero attached hydrogens (tertiary/aromatic N) is 3. The fourth-order valence-electron chi connectivity index (χ4n) is 3.66. The maximum atomic E-state index is 13.0. The Labute approximate surface area is 205 Å². The van der Waals surface area contributed by atoms with E-state index in [1.165, 1.54) is 41.4 Å². The van der Waals surface area contributed by atoms with Gasteiger partial charge in [0, 0.05) is 18.8 Å². The largest absolute Gasteiger partial charge is 0.494 e. The molecule has 0 N–H and O–H groups in total. The van der Waals surface area contributed by atoms with Crippen LogP contribution in [0.3, 0.4) is 0 Å². The van der Waals surface area contributed by atoms with Crippen LogP contribution in [0.2, 0.25) is 0 Å². The molecule has 180 valence electrons. The van der Waals surface area contributed by atoms with E-state index in [4.69, 9.17) is 9.47 Å². The van der Waals surface area contributed by atoms with Crippen LogP contribution in [0.25, 0.3) is 0 Å². The summed E-state index contributed by atoms with van der Waals surface area (Å²) in [4.78, 5) is 57.1. The second kappa shape index (κ2) is 10.1. The van der Waals surface area contributed by atoms with Crippen molar-refractivity contribution in [3.05, 3.63) is 70.2 Å². The SMILES string of the molecule is CCOc1ccc(N2C(=O)c3ccc(C(=O)OCc4csc(N(CC)C(C)=O)n4)cc3C2=O)cc1. The zero-order valence-corrected chi connectivity index (χ0v) is 20.3. The summed E-state index contributed by atoms with van der Waals surface area (Å²) in [6.07, 6.45) is 0. The van der Waals surface area contributed by atoms with E-state index in [1.54, 1.807) is 29.6 Å². The van der Waals surface area contributed by atoms with Crippen LogP contribution < -0.4 is 14.5 Å². The van der Waals surface area contributed by atoms with Gasteiger partial charge in [0.2, 0.25) is 5.91 Å². The molecule has 3 amide bonds. The number of amides is 3. The fourth-order valence-corrected chi connectivity index (χ4v) is 4.58. The highest BCUT2D eigenvalue weighted by Gasteiger charge is 2.37. The molecule has 0 atom stereocenters. The van der Waals surface area contributed by atoms with Crippen LogP contribution in [0.5, 0.6) is 5.75 Å². The molecule has 0 saturated heterocycles. The lowest BCUT2D eigenvalue weighted by Crippen LogP contribution is -2.29. The third-order valence-corrected chi connectivity index (χ3v) is 6.26. The number of anilines is 2. The number of aromatic nitrogens is 1. The number of hydrogen-bond acceptors (Lipinski definition) is 8. The van der Waals surface area contributed by atoms with E-state index < -0.39 is 17.8 Å². The molecule has 1 aliphatic heterocycles. The van der Waals surface area contributed by atoms with Gasteiger partial charge in [-0.1, -0.05) is 0 Å². The number of esters is 1. The topological polar surface area (TPSA) is 106 Å². The molecular formula is C25H23N3O6S. The molecule has 9 nitrogen and oxygen atoms in total. The lowest BCUT2D eigenvalue weighted by molar-refractivity contribution is -0.116. The van der Waals surface area contributed by atoms with Crippen LogP contribution in [-0.2, 0) is 16.1 Å².